The molecule has 0 fully saturated rings. The zero-order valence-corrected chi connectivity index (χ0v) is 10.7. The van der Waals surface area contributed by atoms with Crippen LogP contribution in [-0.4, -0.2) is 19.5 Å². The Labute approximate surface area is 118 Å². The van der Waals surface area contributed by atoms with Crippen molar-refractivity contribution in [2.45, 2.75) is 0 Å². The van der Waals surface area contributed by atoms with Crippen molar-refractivity contribution < 1.29 is 8.78 Å². The lowest BCUT2D eigenvalue weighted by Gasteiger charge is -2.11. The summed E-state index contributed by atoms with van der Waals surface area (Å²) in [6.07, 6.45) is 6.02. The minimum Gasteiger partial charge on any atom is -0.393 e. The van der Waals surface area contributed by atoms with Crippen LogP contribution in [0.3, 0.4) is 0 Å². The molecule has 6 nitrogen and oxygen atoms in total. The number of hydrogen-bond acceptors (Lipinski definition) is 5. The monoisotopic (exact) mass is 288 g/mol. The third-order valence-corrected chi connectivity index (χ3v) is 2.79. The molecule has 0 aliphatic carbocycles. The van der Waals surface area contributed by atoms with Crippen molar-refractivity contribution in [1.82, 2.24) is 19.5 Å². The van der Waals surface area contributed by atoms with Gasteiger partial charge in [0.1, 0.15) is 30.0 Å². The molecule has 0 spiro atoms. The molecule has 0 bridgehead atoms. The van der Waals surface area contributed by atoms with Crippen LogP contribution in [0.1, 0.15) is 0 Å². The van der Waals surface area contributed by atoms with Gasteiger partial charge in [-0.1, -0.05) is 0 Å². The topological polar surface area (TPSA) is 81.6 Å². The highest BCUT2D eigenvalue weighted by molar-refractivity contribution is 5.74. The van der Waals surface area contributed by atoms with Crippen LogP contribution in [0.15, 0.2) is 43.2 Å². The van der Waals surface area contributed by atoms with Crippen molar-refractivity contribution in [3.8, 4) is 5.82 Å². The molecule has 3 rings (SSSR count). The number of imidazole rings is 1. The molecule has 0 aliphatic rings. The normalized spacial score (nSPS) is 10.6. The largest absolute Gasteiger partial charge is 0.393 e. The highest BCUT2D eigenvalue weighted by atomic mass is 19.1. The van der Waals surface area contributed by atoms with Crippen molar-refractivity contribution in [2.75, 3.05) is 11.1 Å². The summed E-state index contributed by atoms with van der Waals surface area (Å²) in [4.78, 5) is 11.9. The molecule has 3 aromatic rings. The molecule has 0 aliphatic heterocycles. The van der Waals surface area contributed by atoms with Crippen LogP contribution < -0.4 is 11.1 Å². The van der Waals surface area contributed by atoms with Crippen LogP contribution in [0.2, 0.25) is 0 Å². The molecule has 21 heavy (non-hydrogen) atoms. The Bertz CT molecular complexity index is 772. The van der Waals surface area contributed by atoms with Crippen molar-refractivity contribution in [3.05, 3.63) is 54.9 Å². The fourth-order valence-corrected chi connectivity index (χ4v) is 1.80. The van der Waals surface area contributed by atoms with E-state index in [9.17, 15) is 8.78 Å². The minimum absolute atomic E-state index is 0.0584. The lowest BCUT2D eigenvalue weighted by Crippen LogP contribution is -2.07. The van der Waals surface area contributed by atoms with Crippen LogP contribution in [-0.2, 0) is 0 Å². The Hall–Kier alpha value is -3.03. The van der Waals surface area contributed by atoms with Gasteiger partial charge in [0.2, 0.25) is 0 Å². The second-order valence-corrected chi connectivity index (χ2v) is 4.18. The van der Waals surface area contributed by atoms with Gasteiger partial charge in [0.05, 0.1) is 5.69 Å². The molecule has 2 heterocycles. The van der Waals surface area contributed by atoms with E-state index >= 15 is 0 Å². The zero-order valence-electron chi connectivity index (χ0n) is 10.7. The number of hydrogen-bond donors (Lipinski definition) is 2. The molecule has 0 atom stereocenters. The van der Waals surface area contributed by atoms with Gasteiger partial charge in [-0.05, 0) is 12.1 Å². The highest BCUT2D eigenvalue weighted by Crippen LogP contribution is 2.26. The van der Waals surface area contributed by atoms with Crippen molar-refractivity contribution in [1.29, 1.82) is 0 Å². The van der Waals surface area contributed by atoms with Crippen molar-refractivity contribution in [3.63, 3.8) is 0 Å². The first-order chi connectivity index (χ1) is 10.1. The maximum absolute atomic E-state index is 13.6. The van der Waals surface area contributed by atoms with Gasteiger partial charge in [-0.15, -0.1) is 0 Å². The Morgan fingerprint density at radius 1 is 1.19 bits per heavy atom. The fourth-order valence-electron chi connectivity index (χ4n) is 1.80. The molecule has 8 heteroatoms. The maximum Gasteiger partial charge on any atom is 0.166 e. The molecular weight excluding hydrogens is 278 g/mol. The maximum atomic E-state index is 13.6. The number of nitrogens with zero attached hydrogens (tertiary/aromatic N) is 4. The number of nitrogens with two attached hydrogens (primary N) is 1. The highest BCUT2D eigenvalue weighted by Gasteiger charge is 2.12. The Kier molecular flexibility index (Phi) is 3.19. The number of benzene rings is 1. The van der Waals surface area contributed by atoms with E-state index < -0.39 is 11.6 Å². The van der Waals surface area contributed by atoms with Gasteiger partial charge in [0, 0.05) is 18.5 Å². The second kappa shape index (κ2) is 5.16. The predicted octanol–water partition coefficient (Wildman–Crippen LogP) is 2.27. The third kappa shape index (κ3) is 2.50. The SMILES string of the molecule is Nc1c(Nc2cc(F)ccc2F)ncnc1-n1ccnc1. The van der Waals surface area contributed by atoms with Crippen LogP contribution in [0, 0.1) is 11.6 Å². The Morgan fingerprint density at radius 3 is 2.81 bits per heavy atom. The van der Waals surface area contributed by atoms with Crippen molar-refractivity contribution >= 4 is 17.2 Å². The first-order valence-electron chi connectivity index (χ1n) is 5.96. The minimum atomic E-state index is -0.612. The molecule has 3 N–H and O–H groups in total. The summed E-state index contributed by atoms with van der Waals surface area (Å²) in [7, 11) is 0. The average molecular weight is 288 g/mol. The van der Waals surface area contributed by atoms with Gasteiger partial charge in [-0.25, -0.2) is 23.7 Å². The van der Waals surface area contributed by atoms with Crippen LogP contribution in [0.5, 0.6) is 0 Å². The fraction of sp³-hybridized carbons (Fsp3) is 0. The van der Waals surface area contributed by atoms with Crippen LogP contribution in [0.4, 0.5) is 26.0 Å². The van der Waals surface area contributed by atoms with E-state index in [4.69, 9.17) is 5.73 Å². The summed E-state index contributed by atoms with van der Waals surface area (Å²) in [6.45, 7) is 0. The van der Waals surface area contributed by atoms with Gasteiger partial charge in [-0.3, -0.25) is 4.57 Å². The molecule has 0 amide bonds. The molecule has 0 radical (unpaired) electrons. The number of anilines is 3. The summed E-state index contributed by atoms with van der Waals surface area (Å²) in [5, 5.41) is 2.66. The number of rotatable bonds is 3. The predicted molar refractivity (Wildman–Crippen MR) is 73.2 cm³/mol. The number of nitrogens with one attached hydrogen (secondary N) is 1. The molecule has 0 unspecified atom stereocenters. The first kappa shape index (κ1) is 13.0. The average Bonchev–Trinajstić information content (AvgIpc) is 2.99. The Morgan fingerprint density at radius 2 is 2.05 bits per heavy atom. The summed E-state index contributed by atoms with van der Waals surface area (Å²) < 4.78 is 28.4. The second-order valence-electron chi connectivity index (χ2n) is 4.18. The lowest BCUT2D eigenvalue weighted by atomic mass is 10.3. The molecule has 106 valence electrons. The lowest BCUT2D eigenvalue weighted by molar-refractivity contribution is 0.603. The molecule has 0 saturated carbocycles. The van der Waals surface area contributed by atoms with E-state index in [1.54, 1.807) is 17.0 Å². The summed E-state index contributed by atoms with van der Waals surface area (Å²) in [5.41, 5.74) is 6.09. The van der Waals surface area contributed by atoms with Gasteiger partial charge in [0.25, 0.3) is 0 Å². The number of aromatic nitrogens is 4. The van der Waals surface area contributed by atoms with Crippen molar-refractivity contribution in [2.24, 2.45) is 0 Å². The van der Waals surface area contributed by atoms with Gasteiger partial charge >= 0.3 is 0 Å². The molecular formula is C13H10F2N6. The standard InChI is InChI=1S/C13H10F2N6/c14-8-1-2-9(15)10(5-8)20-12-11(16)13(19-6-18-12)21-4-3-17-7-21/h1-7H,16H2,(H,18,19,20). The van der Waals surface area contributed by atoms with E-state index in [2.05, 4.69) is 20.3 Å². The van der Waals surface area contributed by atoms with Crippen LogP contribution in [0.25, 0.3) is 5.82 Å². The number of halogens is 2. The summed E-state index contributed by atoms with van der Waals surface area (Å²) >= 11 is 0. The van der Waals surface area contributed by atoms with E-state index in [0.717, 1.165) is 18.2 Å². The van der Waals surface area contributed by atoms with Gasteiger partial charge in [0.15, 0.2) is 11.6 Å². The van der Waals surface area contributed by atoms with E-state index in [-0.39, 0.29) is 17.2 Å². The molecule has 1 aromatic carbocycles. The smallest absolute Gasteiger partial charge is 0.166 e. The van der Waals surface area contributed by atoms with Crippen LogP contribution >= 0.6 is 0 Å². The quantitative estimate of drug-likeness (QED) is 0.772. The third-order valence-electron chi connectivity index (χ3n) is 2.79. The first-order valence-corrected chi connectivity index (χ1v) is 5.96. The van der Waals surface area contributed by atoms with E-state index in [1.165, 1.54) is 12.7 Å². The zero-order chi connectivity index (χ0) is 14.8. The summed E-state index contributed by atoms with van der Waals surface area (Å²) in [6, 6.07) is 3.07. The molecule has 0 saturated heterocycles. The summed E-state index contributed by atoms with van der Waals surface area (Å²) in [5.74, 6) is -0.611. The Balaban J connectivity index is 2.00. The molecule has 2 aromatic heterocycles. The van der Waals surface area contributed by atoms with E-state index in [1.807, 2.05) is 0 Å². The van der Waals surface area contributed by atoms with Gasteiger partial charge in [-0.2, -0.15) is 0 Å². The van der Waals surface area contributed by atoms with Gasteiger partial charge < -0.3 is 11.1 Å². The number of nitrogen functional groups attached to an aromatic ring is 1. The van der Waals surface area contributed by atoms with E-state index in [0.29, 0.717) is 5.82 Å².